The second-order valence-corrected chi connectivity index (χ2v) is 5.15. The van der Waals surface area contributed by atoms with Crippen LogP contribution in [0, 0.1) is 5.92 Å². The average molecular weight is 219 g/mol. The number of phenols is 1. The molecule has 1 aliphatic heterocycles. The molecule has 16 heavy (non-hydrogen) atoms. The summed E-state index contributed by atoms with van der Waals surface area (Å²) in [7, 11) is 0. The maximum absolute atomic E-state index is 9.28. The summed E-state index contributed by atoms with van der Waals surface area (Å²) in [6.07, 6.45) is 1.29. The van der Waals surface area contributed by atoms with Crippen LogP contribution in [0.5, 0.6) is 5.75 Å². The van der Waals surface area contributed by atoms with Crippen molar-refractivity contribution in [1.82, 2.24) is 4.90 Å². The summed E-state index contributed by atoms with van der Waals surface area (Å²) in [6.45, 7) is 8.06. The number of benzene rings is 1. The van der Waals surface area contributed by atoms with Crippen LogP contribution in [-0.4, -0.2) is 22.6 Å². The summed E-state index contributed by atoms with van der Waals surface area (Å²) in [6, 6.07) is 8.71. The SMILES string of the molecule is CC1CC(C)N(C(C)c2ccc(O)cc2)C1. The van der Waals surface area contributed by atoms with Crippen molar-refractivity contribution in [2.24, 2.45) is 5.92 Å². The summed E-state index contributed by atoms with van der Waals surface area (Å²) < 4.78 is 0. The Labute approximate surface area is 97.9 Å². The third kappa shape index (κ3) is 2.22. The van der Waals surface area contributed by atoms with Crippen molar-refractivity contribution in [3.05, 3.63) is 29.8 Å². The van der Waals surface area contributed by atoms with E-state index in [1.165, 1.54) is 18.5 Å². The van der Waals surface area contributed by atoms with Gasteiger partial charge in [0.25, 0.3) is 0 Å². The third-order valence-corrected chi connectivity index (χ3v) is 3.71. The lowest BCUT2D eigenvalue weighted by molar-refractivity contribution is 0.201. The molecule has 0 aromatic heterocycles. The molecule has 1 heterocycles. The third-order valence-electron chi connectivity index (χ3n) is 3.71. The molecule has 3 atom stereocenters. The molecule has 0 bridgehead atoms. The zero-order valence-electron chi connectivity index (χ0n) is 10.4. The van der Waals surface area contributed by atoms with E-state index in [1.54, 1.807) is 12.1 Å². The zero-order valence-corrected chi connectivity index (χ0v) is 10.4. The van der Waals surface area contributed by atoms with Crippen LogP contribution in [-0.2, 0) is 0 Å². The molecule has 0 radical (unpaired) electrons. The minimum absolute atomic E-state index is 0.346. The predicted molar refractivity (Wildman–Crippen MR) is 66.5 cm³/mol. The van der Waals surface area contributed by atoms with E-state index in [9.17, 15) is 5.11 Å². The first kappa shape index (κ1) is 11.5. The van der Waals surface area contributed by atoms with E-state index in [4.69, 9.17) is 0 Å². The number of hydrogen-bond acceptors (Lipinski definition) is 2. The molecule has 1 saturated heterocycles. The number of nitrogens with zero attached hydrogens (tertiary/aromatic N) is 1. The number of hydrogen-bond donors (Lipinski definition) is 1. The second-order valence-electron chi connectivity index (χ2n) is 5.15. The average Bonchev–Trinajstić information content (AvgIpc) is 2.58. The summed E-state index contributed by atoms with van der Waals surface area (Å²) >= 11 is 0. The first-order chi connectivity index (χ1) is 7.58. The number of phenolic OH excluding ortho intramolecular Hbond substituents is 1. The van der Waals surface area contributed by atoms with E-state index in [0.29, 0.717) is 17.8 Å². The van der Waals surface area contributed by atoms with Gasteiger partial charge in [0, 0.05) is 18.6 Å². The molecule has 0 amide bonds. The van der Waals surface area contributed by atoms with Gasteiger partial charge in [-0.15, -0.1) is 0 Å². The van der Waals surface area contributed by atoms with Crippen LogP contribution in [0.15, 0.2) is 24.3 Å². The molecule has 2 rings (SSSR count). The lowest BCUT2D eigenvalue weighted by atomic mass is 10.1. The molecule has 2 heteroatoms. The van der Waals surface area contributed by atoms with Crippen LogP contribution in [0.1, 0.15) is 38.8 Å². The Morgan fingerprint density at radius 2 is 1.88 bits per heavy atom. The lowest BCUT2D eigenvalue weighted by Crippen LogP contribution is -2.30. The largest absolute Gasteiger partial charge is 0.508 e. The fourth-order valence-corrected chi connectivity index (χ4v) is 2.82. The minimum atomic E-state index is 0.346. The van der Waals surface area contributed by atoms with E-state index < -0.39 is 0 Å². The van der Waals surface area contributed by atoms with Crippen molar-refractivity contribution < 1.29 is 5.11 Å². The van der Waals surface area contributed by atoms with Crippen molar-refractivity contribution in [2.45, 2.75) is 39.3 Å². The van der Waals surface area contributed by atoms with Gasteiger partial charge in [-0.3, -0.25) is 4.90 Å². The van der Waals surface area contributed by atoms with Crippen LogP contribution in [0.25, 0.3) is 0 Å². The Balaban J connectivity index is 2.12. The Kier molecular flexibility index (Phi) is 3.20. The molecule has 1 aliphatic rings. The molecule has 88 valence electrons. The summed E-state index contributed by atoms with van der Waals surface area (Å²) in [4.78, 5) is 2.55. The van der Waals surface area contributed by atoms with E-state index in [1.807, 2.05) is 12.1 Å². The molecule has 3 unspecified atom stereocenters. The predicted octanol–water partition coefficient (Wildman–Crippen LogP) is 3.18. The number of aromatic hydroxyl groups is 1. The van der Waals surface area contributed by atoms with E-state index in [2.05, 4.69) is 25.7 Å². The molecule has 1 aromatic carbocycles. The molecule has 0 spiro atoms. The Hall–Kier alpha value is -1.02. The van der Waals surface area contributed by atoms with Crippen molar-refractivity contribution in [3.63, 3.8) is 0 Å². The fourth-order valence-electron chi connectivity index (χ4n) is 2.82. The van der Waals surface area contributed by atoms with Gasteiger partial charge in [0.15, 0.2) is 0 Å². The van der Waals surface area contributed by atoms with Crippen molar-refractivity contribution in [1.29, 1.82) is 0 Å². The summed E-state index contributed by atoms with van der Waals surface area (Å²) in [5.41, 5.74) is 1.29. The molecule has 0 aliphatic carbocycles. The topological polar surface area (TPSA) is 23.5 Å². The lowest BCUT2D eigenvalue weighted by Gasteiger charge is -2.29. The summed E-state index contributed by atoms with van der Waals surface area (Å²) in [5, 5.41) is 9.28. The van der Waals surface area contributed by atoms with E-state index in [0.717, 1.165) is 5.92 Å². The molecule has 1 aromatic rings. The van der Waals surface area contributed by atoms with Crippen molar-refractivity contribution >= 4 is 0 Å². The Morgan fingerprint density at radius 1 is 1.25 bits per heavy atom. The van der Waals surface area contributed by atoms with Gasteiger partial charge in [0.2, 0.25) is 0 Å². The van der Waals surface area contributed by atoms with Gasteiger partial charge in [-0.1, -0.05) is 19.1 Å². The van der Waals surface area contributed by atoms with Gasteiger partial charge < -0.3 is 5.11 Å². The number of likely N-dealkylation sites (tertiary alicyclic amines) is 1. The maximum atomic E-state index is 9.28. The molecular weight excluding hydrogens is 198 g/mol. The van der Waals surface area contributed by atoms with Crippen LogP contribution < -0.4 is 0 Å². The van der Waals surface area contributed by atoms with Gasteiger partial charge >= 0.3 is 0 Å². The first-order valence-corrected chi connectivity index (χ1v) is 6.12. The highest BCUT2D eigenvalue weighted by Gasteiger charge is 2.30. The fraction of sp³-hybridized carbons (Fsp3) is 0.571. The standard InChI is InChI=1S/C14H21NO/c1-10-8-11(2)15(9-10)12(3)13-4-6-14(16)7-5-13/h4-7,10-12,16H,8-9H2,1-3H3. The van der Waals surface area contributed by atoms with Gasteiger partial charge in [-0.25, -0.2) is 0 Å². The van der Waals surface area contributed by atoms with Gasteiger partial charge in [-0.05, 0) is 43.9 Å². The maximum Gasteiger partial charge on any atom is 0.115 e. The minimum Gasteiger partial charge on any atom is -0.508 e. The highest BCUT2D eigenvalue weighted by molar-refractivity contribution is 5.28. The second kappa shape index (κ2) is 4.46. The van der Waals surface area contributed by atoms with Gasteiger partial charge in [0.1, 0.15) is 5.75 Å². The highest BCUT2D eigenvalue weighted by atomic mass is 16.3. The van der Waals surface area contributed by atoms with Gasteiger partial charge in [0.05, 0.1) is 0 Å². The Morgan fingerprint density at radius 3 is 2.38 bits per heavy atom. The van der Waals surface area contributed by atoms with Crippen molar-refractivity contribution in [2.75, 3.05) is 6.54 Å². The Bertz CT molecular complexity index is 346. The van der Waals surface area contributed by atoms with Crippen LogP contribution >= 0.6 is 0 Å². The summed E-state index contributed by atoms with van der Waals surface area (Å²) in [5.74, 6) is 1.15. The number of rotatable bonds is 2. The van der Waals surface area contributed by atoms with Crippen molar-refractivity contribution in [3.8, 4) is 5.75 Å². The van der Waals surface area contributed by atoms with Crippen LogP contribution in [0.4, 0.5) is 0 Å². The normalized spacial score (nSPS) is 28.2. The smallest absolute Gasteiger partial charge is 0.115 e. The van der Waals surface area contributed by atoms with Crippen LogP contribution in [0.2, 0.25) is 0 Å². The quantitative estimate of drug-likeness (QED) is 0.825. The first-order valence-electron chi connectivity index (χ1n) is 6.12. The van der Waals surface area contributed by atoms with E-state index in [-0.39, 0.29) is 0 Å². The van der Waals surface area contributed by atoms with Crippen LogP contribution in [0.3, 0.4) is 0 Å². The monoisotopic (exact) mass is 219 g/mol. The molecule has 0 saturated carbocycles. The highest BCUT2D eigenvalue weighted by Crippen LogP contribution is 2.32. The molecule has 1 N–H and O–H groups in total. The zero-order chi connectivity index (χ0) is 11.7. The molecule has 1 fully saturated rings. The van der Waals surface area contributed by atoms with E-state index >= 15 is 0 Å². The molecular formula is C14H21NO. The van der Waals surface area contributed by atoms with Gasteiger partial charge in [-0.2, -0.15) is 0 Å². The molecule has 2 nitrogen and oxygen atoms in total.